The van der Waals surface area contributed by atoms with Crippen molar-refractivity contribution in [2.24, 2.45) is 5.92 Å². The van der Waals surface area contributed by atoms with Gasteiger partial charge in [-0.2, -0.15) is 4.37 Å². The molecule has 0 aromatic carbocycles. The van der Waals surface area contributed by atoms with E-state index < -0.39 is 0 Å². The fourth-order valence-corrected chi connectivity index (χ4v) is 2.70. The van der Waals surface area contributed by atoms with Gasteiger partial charge < -0.3 is 16.2 Å². The molecule has 0 saturated heterocycles. The van der Waals surface area contributed by atoms with Crippen molar-refractivity contribution in [1.29, 1.82) is 0 Å². The average molecular weight is 227 g/mol. The first-order valence-corrected chi connectivity index (χ1v) is 6.08. The van der Waals surface area contributed by atoms with Gasteiger partial charge in [-0.15, -0.1) is 0 Å². The number of nitrogen functional groups attached to an aromatic ring is 1. The highest BCUT2D eigenvalue weighted by molar-refractivity contribution is 7.10. The summed E-state index contributed by atoms with van der Waals surface area (Å²) in [7, 11) is 0. The maximum atomic E-state index is 9.40. The van der Waals surface area contributed by atoms with Crippen LogP contribution in [-0.4, -0.2) is 22.1 Å². The Kier molecular flexibility index (Phi) is 3.11. The lowest BCUT2D eigenvalue weighted by Gasteiger charge is -2.10. The number of aromatic nitrogens is 1. The molecular weight excluding hydrogens is 210 g/mol. The van der Waals surface area contributed by atoms with E-state index in [1.165, 1.54) is 11.5 Å². The van der Waals surface area contributed by atoms with Crippen LogP contribution < -0.4 is 11.1 Å². The highest BCUT2D eigenvalue weighted by atomic mass is 32.1. The highest BCUT2D eigenvalue weighted by Crippen LogP contribution is 2.29. The molecule has 2 atom stereocenters. The molecule has 0 radical (unpaired) electrons. The normalized spacial score (nSPS) is 25.7. The van der Waals surface area contributed by atoms with Gasteiger partial charge in [0.1, 0.15) is 10.8 Å². The fraction of sp³-hybridized carbons (Fsp3) is 0.700. The van der Waals surface area contributed by atoms with E-state index in [1.807, 2.05) is 6.92 Å². The summed E-state index contributed by atoms with van der Waals surface area (Å²) in [5.41, 5.74) is 6.71. The third-order valence-electron chi connectivity index (χ3n) is 3.02. The maximum absolute atomic E-state index is 9.40. The van der Waals surface area contributed by atoms with Crippen molar-refractivity contribution in [3.8, 4) is 0 Å². The molecule has 1 aromatic heterocycles. The van der Waals surface area contributed by atoms with Gasteiger partial charge in [-0.1, -0.05) is 0 Å². The summed E-state index contributed by atoms with van der Waals surface area (Å²) in [5.74, 6) is 1.21. The van der Waals surface area contributed by atoms with Crippen LogP contribution in [0.3, 0.4) is 0 Å². The van der Waals surface area contributed by atoms with E-state index in [4.69, 9.17) is 5.73 Å². The predicted octanol–water partition coefficient (Wildman–Crippen LogP) is 1.61. The second kappa shape index (κ2) is 4.37. The number of nitrogens with one attached hydrogen (secondary N) is 1. The van der Waals surface area contributed by atoms with Gasteiger partial charge in [0, 0.05) is 12.1 Å². The summed E-state index contributed by atoms with van der Waals surface area (Å²) in [6.07, 6.45) is 2.88. The lowest BCUT2D eigenvalue weighted by molar-refractivity contribution is 0.178. The van der Waals surface area contributed by atoms with Crippen LogP contribution in [0, 0.1) is 12.8 Å². The lowest BCUT2D eigenvalue weighted by atomic mass is 10.1. The van der Waals surface area contributed by atoms with Crippen LogP contribution in [0.5, 0.6) is 0 Å². The van der Waals surface area contributed by atoms with Crippen LogP contribution in [-0.2, 0) is 0 Å². The summed E-state index contributed by atoms with van der Waals surface area (Å²) >= 11 is 1.41. The number of nitrogens with two attached hydrogens (primary N) is 1. The minimum atomic E-state index is -0.0931. The molecule has 2 unspecified atom stereocenters. The topological polar surface area (TPSA) is 71.2 Å². The minimum absolute atomic E-state index is 0.0931. The van der Waals surface area contributed by atoms with Crippen molar-refractivity contribution in [2.75, 3.05) is 17.6 Å². The molecule has 4 nitrogen and oxygen atoms in total. The molecule has 1 fully saturated rings. The van der Waals surface area contributed by atoms with E-state index in [-0.39, 0.29) is 6.10 Å². The molecule has 1 aliphatic rings. The number of aliphatic hydroxyl groups is 1. The third-order valence-corrected chi connectivity index (χ3v) is 3.95. The molecule has 2 rings (SSSR count). The highest BCUT2D eigenvalue weighted by Gasteiger charge is 2.22. The smallest absolute Gasteiger partial charge is 0.142 e. The van der Waals surface area contributed by atoms with Crippen molar-refractivity contribution < 1.29 is 5.11 Å². The van der Waals surface area contributed by atoms with Gasteiger partial charge in [0.2, 0.25) is 0 Å². The Labute approximate surface area is 93.7 Å². The van der Waals surface area contributed by atoms with E-state index in [2.05, 4.69) is 9.69 Å². The number of rotatable bonds is 3. The van der Waals surface area contributed by atoms with E-state index >= 15 is 0 Å². The predicted molar refractivity (Wildman–Crippen MR) is 63.1 cm³/mol. The molecule has 1 saturated carbocycles. The molecular formula is C10H17N3OS. The van der Waals surface area contributed by atoms with Crippen LogP contribution in [0.1, 0.15) is 24.8 Å². The maximum Gasteiger partial charge on any atom is 0.142 e. The minimum Gasteiger partial charge on any atom is -0.393 e. The zero-order valence-corrected chi connectivity index (χ0v) is 9.68. The third kappa shape index (κ3) is 2.41. The monoisotopic (exact) mass is 227 g/mol. The standard InChI is InChI=1S/C10H17N3OS/c1-6-9(11)13-15-10(6)12-5-7-2-3-8(14)4-7/h7-8,12,14H,2-5H2,1H3,(H2,11,13). The zero-order valence-electron chi connectivity index (χ0n) is 8.86. The number of anilines is 2. The lowest BCUT2D eigenvalue weighted by Crippen LogP contribution is -2.12. The summed E-state index contributed by atoms with van der Waals surface area (Å²) in [4.78, 5) is 0. The Balaban J connectivity index is 1.85. The summed E-state index contributed by atoms with van der Waals surface area (Å²) in [6, 6.07) is 0. The Morgan fingerprint density at radius 2 is 2.40 bits per heavy atom. The van der Waals surface area contributed by atoms with Crippen LogP contribution >= 0.6 is 11.5 Å². The van der Waals surface area contributed by atoms with Crippen LogP contribution in [0.4, 0.5) is 10.8 Å². The first kappa shape index (κ1) is 10.7. The first-order chi connectivity index (χ1) is 7.16. The van der Waals surface area contributed by atoms with Gasteiger partial charge in [0.25, 0.3) is 0 Å². The average Bonchev–Trinajstić information content (AvgIpc) is 2.74. The second-order valence-electron chi connectivity index (χ2n) is 4.24. The molecule has 0 amide bonds. The van der Waals surface area contributed by atoms with Crippen molar-refractivity contribution in [3.63, 3.8) is 0 Å². The number of aliphatic hydroxyl groups excluding tert-OH is 1. The van der Waals surface area contributed by atoms with Crippen molar-refractivity contribution in [3.05, 3.63) is 5.56 Å². The number of hydrogen-bond acceptors (Lipinski definition) is 5. The van der Waals surface area contributed by atoms with Gasteiger partial charge in [-0.25, -0.2) is 0 Å². The Morgan fingerprint density at radius 3 is 2.93 bits per heavy atom. The quantitative estimate of drug-likeness (QED) is 0.733. The van der Waals surface area contributed by atoms with E-state index in [0.29, 0.717) is 11.7 Å². The molecule has 1 heterocycles. The number of hydrogen-bond donors (Lipinski definition) is 3. The fourth-order valence-electron chi connectivity index (χ4n) is 1.98. The SMILES string of the molecule is Cc1c(N)nsc1NCC1CCC(O)C1. The second-order valence-corrected chi connectivity index (χ2v) is 5.01. The van der Waals surface area contributed by atoms with Crippen molar-refractivity contribution in [1.82, 2.24) is 4.37 Å². The van der Waals surface area contributed by atoms with E-state index in [0.717, 1.165) is 36.4 Å². The van der Waals surface area contributed by atoms with Gasteiger partial charge in [0.15, 0.2) is 0 Å². The molecule has 1 aliphatic carbocycles. The first-order valence-electron chi connectivity index (χ1n) is 5.30. The van der Waals surface area contributed by atoms with Crippen LogP contribution in [0.25, 0.3) is 0 Å². The van der Waals surface area contributed by atoms with Crippen molar-refractivity contribution in [2.45, 2.75) is 32.3 Å². The van der Waals surface area contributed by atoms with Gasteiger partial charge in [-0.3, -0.25) is 0 Å². The molecule has 15 heavy (non-hydrogen) atoms. The van der Waals surface area contributed by atoms with Crippen LogP contribution in [0.15, 0.2) is 0 Å². The Bertz CT molecular complexity index is 339. The largest absolute Gasteiger partial charge is 0.393 e. The van der Waals surface area contributed by atoms with Gasteiger partial charge in [-0.05, 0) is 43.6 Å². The van der Waals surface area contributed by atoms with Gasteiger partial charge in [0.05, 0.1) is 6.10 Å². The van der Waals surface area contributed by atoms with E-state index in [1.54, 1.807) is 0 Å². The summed E-state index contributed by atoms with van der Waals surface area (Å²) < 4.78 is 4.08. The molecule has 4 N–H and O–H groups in total. The van der Waals surface area contributed by atoms with Gasteiger partial charge >= 0.3 is 0 Å². The molecule has 5 heteroatoms. The number of nitrogens with zero attached hydrogens (tertiary/aromatic N) is 1. The molecule has 1 aromatic rings. The zero-order chi connectivity index (χ0) is 10.8. The van der Waals surface area contributed by atoms with Crippen LogP contribution in [0.2, 0.25) is 0 Å². The van der Waals surface area contributed by atoms with Crippen molar-refractivity contribution >= 4 is 22.4 Å². The summed E-state index contributed by atoms with van der Waals surface area (Å²) in [5, 5.41) is 13.8. The van der Waals surface area contributed by atoms with E-state index in [9.17, 15) is 5.11 Å². The molecule has 84 valence electrons. The molecule has 0 spiro atoms. The Morgan fingerprint density at radius 1 is 1.60 bits per heavy atom. The summed E-state index contributed by atoms with van der Waals surface area (Å²) in [6.45, 7) is 2.89. The Hall–Kier alpha value is -0.810. The molecule has 0 aliphatic heterocycles. The molecule has 0 bridgehead atoms.